The molecule has 20 heavy (non-hydrogen) atoms. The van der Waals surface area contributed by atoms with Crippen LogP contribution >= 0.6 is 0 Å². The lowest BCUT2D eigenvalue weighted by Gasteiger charge is -2.27. The fourth-order valence-electron chi connectivity index (χ4n) is 2.03. The number of ether oxygens (including phenoxy) is 1. The SMILES string of the molecule is CNC(C)c1cccc(NC(=O)NN2CCOCC2)c1. The number of hydrazine groups is 1. The van der Waals surface area contributed by atoms with E-state index in [0.29, 0.717) is 26.3 Å². The second-order valence-corrected chi connectivity index (χ2v) is 4.80. The first-order chi connectivity index (χ1) is 9.69. The number of amides is 2. The first kappa shape index (κ1) is 14.8. The van der Waals surface area contributed by atoms with Gasteiger partial charge in [-0.15, -0.1) is 0 Å². The zero-order chi connectivity index (χ0) is 14.4. The maximum absolute atomic E-state index is 11.9. The number of carbonyl (C=O) groups excluding carboxylic acids is 1. The number of rotatable bonds is 4. The number of hydrogen-bond acceptors (Lipinski definition) is 4. The molecule has 1 aromatic rings. The summed E-state index contributed by atoms with van der Waals surface area (Å²) in [7, 11) is 1.91. The van der Waals surface area contributed by atoms with E-state index in [1.54, 1.807) is 0 Å². The third-order valence-corrected chi connectivity index (χ3v) is 3.35. The number of nitrogens with one attached hydrogen (secondary N) is 3. The number of nitrogens with zero attached hydrogens (tertiary/aromatic N) is 1. The number of anilines is 1. The Hall–Kier alpha value is -1.63. The summed E-state index contributed by atoms with van der Waals surface area (Å²) >= 11 is 0. The molecule has 0 saturated carbocycles. The van der Waals surface area contributed by atoms with Gasteiger partial charge in [-0.05, 0) is 31.7 Å². The van der Waals surface area contributed by atoms with Crippen molar-refractivity contribution < 1.29 is 9.53 Å². The second kappa shape index (κ2) is 7.23. The Balaban J connectivity index is 1.90. The summed E-state index contributed by atoms with van der Waals surface area (Å²) in [5.41, 5.74) is 4.74. The molecule has 0 radical (unpaired) electrons. The average Bonchev–Trinajstić information content (AvgIpc) is 2.47. The smallest absolute Gasteiger partial charge is 0.333 e. The minimum absolute atomic E-state index is 0.221. The van der Waals surface area contributed by atoms with Gasteiger partial charge in [-0.2, -0.15) is 0 Å². The summed E-state index contributed by atoms with van der Waals surface area (Å²) in [6.45, 7) is 4.80. The van der Waals surface area contributed by atoms with E-state index in [1.807, 2.05) is 36.3 Å². The summed E-state index contributed by atoms with van der Waals surface area (Å²) in [4.78, 5) is 11.9. The molecule has 1 aromatic carbocycles. The lowest BCUT2D eigenvalue weighted by molar-refractivity contribution is 0.0207. The fourth-order valence-corrected chi connectivity index (χ4v) is 2.03. The molecule has 1 aliphatic rings. The summed E-state index contributed by atoms with van der Waals surface area (Å²) in [6.07, 6.45) is 0. The number of urea groups is 1. The van der Waals surface area contributed by atoms with Gasteiger partial charge in [-0.1, -0.05) is 12.1 Å². The Morgan fingerprint density at radius 3 is 2.80 bits per heavy atom. The highest BCUT2D eigenvalue weighted by atomic mass is 16.5. The molecule has 6 nitrogen and oxygen atoms in total. The standard InChI is InChI=1S/C14H22N4O2/c1-11(15-2)12-4-3-5-13(10-12)16-14(19)17-18-6-8-20-9-7-18/h3-5,10-11,15H,6-9H2,1-2H3,(H2,16,17,19). The van der Waals surface area contributed by atoms with Crippen LogP contribution in [-0.2, 0) is 4.74 Å². The van der Waals surface area contributed by atoms with Crippen LogP contribution in [-0.4, -0.2) is 44.4 Å². The van der Waals surface area contributed by atoms with Gasteiger partial charge >= 0.3 is 6.03 Å². The van der Waals surface area contributed by atoms with Gasteiger partial charge < -0.3 is 15.4 Å². The quantitative estimate of drug-likeness (QED) is 0.777. The van der Waals surface area contributed by atoms with Crippen LogP contribution in [0.15, 0.2) is 24.3 Å². The molecule has 1 atom stereocenters. The van der Waals surface area contributed by atoms with Gasteiger partial charge in [0.2, 0.25) is 0 Å². The third-order valence-electron chi connectivity index (χ3n) is 3.35. The van der Waals surface area contributed by atoms with Crippen LogP contribution in [0.3, 0.4) is 0 Å². The predicted octanol–water partition coefficient (Wildman–Crippen LogP) is 1.34. The second-order valence-electron chi connectivity index (χ2n) is 4.80. The molecule has 0 bridgehead atoms. The molecule has 2 rings (SSSR count). The molecule has 0 aromatic heterocycles. The van der Waals surface area contributed by atoms with Gasteiger partial charge in [-0.25, -0.2) is 9.80 Å². The number of hydrogen-bond donors (Lipinski definition) is 3. The summed E-state index contributed by atoms with van der Waals surface area (Å²) in [6, 6.07) is 7.85. The third kappa shape index (κ3) is 4.19. The minimum Gasteiger partial charge on any atom is -0.379 e. The zero-order valence-electron chi connectivity index (χ0n) is 12.0. The number of benzene rings is 1. The van der Waals surface area contributed by atoms with Gasteiger partial charge in [0.25, 0.3) is 0 Å². The zero-order valence-corrected chi connectivity index (χ0v) is 12.0. The van der Waals surface area contributed by atoms with E-state index in [9.17, 15) is 4.79 Å². The number of morpholine rings is 1. The van der Waals surface area contributed by atoms with Crippen LogP contribution < -0.4 is 16.1 Å². The molecule has 1 saturated heterocycles. The van der Waals surface area contributed by atoms with Crippen molar-refractivity contribution in [3.05, 3.63) is 29.8 Å². The Morgan fingerprint density at radius 2 is 2.10 bits per heavy atom. The fraction of sp³-hybridized carbons (Fsp3) is 0.500. The monoisotopic (exact) mass is 278 g/mol. The lowest BCUT2D eigenvalue weighted by atomic mass is 10.1. The predicted molar refractivity (Wildman–Crippen MR) is 78.5 cm³/mol. The van der Waals surface area contributed by atoms with Gasteiger partial charge in [0.1, 0.15) is 0 Å². The van der Waals surface area contributed by atoms with E-state index in [0.717, 1.165) is 11.3 Å². The number of carbonyl (C=O) groups is 1. The summed E-state index contributed by atoms with van der Waals surface area (Å²) in [5, 5.41) is 7.89. The van der Waals surface area contributed by atoms with Gasteiger partial charge in [-0.3, -0.25) is 5.43 Å². The van der Waals surface area contributed by atoms with Crippen molar-refractivity contribution in [1.82, 2.24) is 15.8 Å². The van der Waals surface area contributed by atoms with Crippen LogP contribution in [0.1, 0.15) is 18.5 Å². The van der Waals surface area contributed by atoms with E-state index >= 15 is 0 Å². The van der Waals surface area contributed by atoms with Crippen molar-refractivity contribution in [3.8, 4) is 0 Å². The molecule has 0 aliphatic carbocycles. The van der Waals surface area contributed by atoms with E-state index in [-0.39, 0.29) is 12.1 Å². The molecular formula is C14H22N4O2. The van der Waals surface area contributed by atoms with Crippen molar-refractivity contribution >= 4 is 11.7 Å². The molecular weight excluding hydrogens is 256 g/mol. The topological polar surface area (TPSA) is 65.6 Å². The maximum Gasteiger partial charge on any atom is 0.333 e. The maximum atomic E-state index is 11.9. The molecule has 1 aliphatic heterocycles. The Bertz CT molecular complexity index is 447. The Morgan fingerprint density at radius 1 is 1.35 bits per heavy atom. The van der Waals surface area contributed by atoms with E-state index < -0.39 is 0 Å². The summed E-state index contributed by atoms with van der Waals surface area (Å²) < 4.78 is 5.23. The molecule has 110 valence electrons. The van der Waals surface area contributed by atoms with Crippen LogP contribution in [0.25, 0.3) is 0 Å². The summed E-state index contributed by atoms with van der Waals surface area (Å²) in [5.74, 6) is 0. The van der Waals surface area contributed by atoms with Gasteiger partial charge in [0.05, 0.1) is 13.2 Å². The molecule has 1 unspecified atom stereocenters. The van der Waals surface area contributed by atoms with Crippen molar-refractivity contribution in [2.75, 3.05) is 38.7 Å². The molecule has 2 amide bonds. The minimum atomic E-state index is -0.221. The van der Waals surface area contributed by atoms with Crippen molar-refractivity contribution in [1.29, 1.82) is 0 Å². The first-order valence-electron chi connectivity index (χ1n) is 6.86. The van der Waals surface area contributed by atoms with Crippen LogP contribution in [0.5, 0.6) is 0 Å². The molecule has 1 heterocycles. The first-order valence-corrected chi connectivity index (χ1v) is 6.86. The van der Waals surface area contributed by atoms with E-state index in [4.69, 9.17) is 4.74 Å². The van der Waals surface area contributed by atoms with Crippen molar-refractivity contribution in [3.63, 3.8) is 0 Å². The highest BCUT2D eigenvalue weighted by molar-refractivity contribution is 5.88. The van der Waals surface area contributed by atoms with E-state index in [1.165, 1.54) is 0 Å². The van der Waals surface area contributed by atoms with Gasteiger partial charge in [0.15, 0.2) is 0 Å². The average molecular weight is 278 g/mol. The molecule has 3 N–H and O–H groups in total. The van der Waals surface area contributed by atoms with E-state index in [2.05, 4.69) is 23.0 Å². The highest BCUT2D eigenvalue weighted by Crippen LogP contribution is 2.16. The van der Waals surface area contributed by atoms with Crippen molar-refractivity contribution in [2.45, 2.75) is 13.0 Å². The largest absolute Gasteiger partial charge is 0.379 e. The van der Waals surface area contributed by atoms with Crippen LogP contribution in [0.2, 0.25) is 0 Å². The lowest BCUT2D eigenvalue weighted by Crippen LogP contribution is -2.49. The highest BCUT2D eigenvalue weighted by Gasteiger charge is 2.13. The molecule has 1 fully saturated rings. The molecule has 6 heteroatoms. The van der Waals surface area contributed by atoms with Crippen LogP contribution in [0, 0.1) is 0 Å². The van der Waals surface area contributed by atoms with Gasteiger partial charge in [0, 0.05) is 24.8 Å². The van der Waals surface area contributed by atoms with Crippen LogP contribution in [0.4, 0.5) is 10.5 Å². The Labute approximate surface area is 119 Å². The normalized spacial score (nSPS) is 17.5. The Kier molecular flexibility index (Phi) is 5.34. The molecule has 0 spiro atoms. The van der Waals surface area contributed by atoms with Crippen molar-refractivity contribution in [2.24, 2.45) is 0 Å².